The van der Waals surface area contributed by atoms with Gasteiger partial charge in [-0.25, -0.2) is 0 Å². The van der Waals surface area contributed by atoms with Crippen LogP contribution in [0.2, 0.25) is 0 Å². The zero-order chi connectivity index (χ0) is 18.4. The highest BCUT2D eigenvalue weighted by molar-refractivity contribution is 6.14. The van der Waals surface area contributed by atoms with Gasteiger partial charge in [-0.1, -0.05) is 48.5 Å². The minimum atomic E-state index is -0.123. The van der Waals surface area contributed by atoms with Gasteiger partial charge in [0, 0.05) is 28.1 Å². The number of hydrogen-bond acceptors (Lipinski definition) is 2. The van der Waals surface area contributed by atoms with E-state index in [9.17, 15) is 4.79 Å². The number of benzene rings is 4. The first kappa shape index (κ1) is 15.6. The van der Waals surface area contributed by atoms with Gasteiger partial charge in [0.05, 0.1) is 0 Å². The Morgan fingerprint density at radius 2 is 1.44 bits per heavy atom. The van der Waals surface area contributed by atoms with Gasteiger partial charge in [-0.05, 0) is 47.5 Å². The van der Waals surface area contributed by atoms with E-state index in [-0.39, 0.29) is 5.91 Å². The molecule has 1 N–H and O–H groups in total. The summed E-state index contributed by atoms with van der Waals surface area (Å²) in [6.45, 7) is 2.06. The van der Waals surface area contributed by atoms with Crippen molar-refractivity contribution in [2.24, 2.45) is 0 Å². The Balaban J connectivity index is 1.54. The number of aryl methyl sites for hydroxylation is 1. The van der Waals surface area contributed by atoms with Gasteiger partial charge in [0.15, 0.2) is 0 Å². The lowest BCUT2D eigenvalue weighted by Crippen LogP contribution is -2.12. The summed E-state index contributed by atoms with van der Waals surface area (Å²) in [5.41, 5.74) is 4.16. The number of fused-ring (bicyclic) bond motifs is 4. The SMILES string of the molecule is Cc1ccc(C(=O)Nc2ccc3c(c2)oc2ccccc23)c2ccccc12. The summed E-state index contributed by atoms with van der Waals surface area (Å²) in [4.78, 5) is 12.9. The van der Waals surface area contributed by atoms with Crippen molar-refractivity contribution < 1.29 is 9.21 Å². The lowest BCUT2D eigenvalue weighted by Gasteiger charge is -2.10. The van der Waals surface area contributed by atoms with Crippen molar-refractivity contribution in [1.29, 1.82) is 0 Å². The third-order valence-corrected chi connectivity index (χ3v) is 5.02. The monoisotopic (exact) mass is 351 g/mol. The second-order valence-corrected chi connectivity index (χ2v) is 6.74. The summed E-state index contributed by atoms with van der Waals surface area (Å²) in [5, 5.41) is 7.19. The molecule has 3 nitrogen and oxygen atoms in total. The Hall–Kier alpha value is -3.59. The molecule has 0 saturated carbocycles. The van der Waals surface area contributed by atoms with Crippen LogP contribution in [0.15, 0.2) is 83.3 Å². The summed E-state index contributed by atoms with van der Waals surface area (Å²) in [5.74, 6) is -0.123. The molecule has 0 saturated heterocycles. The maximum atomic E-state index is 12.9. The fourth-order valence-corrected chi connectivity index (χ4v) is 3.65. The molecule has 0 unspecified atom stereocenters. The summed E-state index contributed by atoms with van der Waals surface area (Å²) in [6, 6.07) is 25.6. The maximum Gasteiger partial charge on any atom is 0.256 e. The molecule has 3 heteroatoms. The zero-order valence-corrected chi connectivity index (χ0v) is 14.8. The predicted molar refractivity (Wildman–Crippen MR) is 110 cm³/mol. The van der Waals surface area contributed by atoms with Crippen molar-refractivity contribution in [3.05, 3.63) is 90.0 Å². The van der Waals surface area contributed by atoms with Crippen molar-refractivity contribution in [2.75, 3.05) is 5.32 Å². The molecule has 130 valence electrons. The van der Waals surface area contributed by atoms with Crippen LogP contribution in [0.3, 0.4) is 0 Å². The number of carbonyl (C=O) groups is 1. The van der Waals surface area contributed by atoms with Gasteiger partial charge in [0.25, 0.3) is 5.91 Å². The molecule has 0 spiro atoms. The fourth-order valence-electron chi connectivity index (χ4n) is 3.65. The predicted octanol–water partition coefficient (Wildman–Crippen LogP) is 6.30. The van der Waals surface area contributed by atoms with Crippen LogP contribution in [0.1, 0.15) is 15.9 Å². The number of rotatable bonds is 2. The highest BCUT2D eigenvalue weighted by atomic mass is 16.3. The number of carbonyl (C=O) groups excluding carboxylic acids is 1. The normalized spacial score (nSPS) is 11.3. The highest BCUT2D eigenvalue weighted by Crippen LogP contribution is 2.31. The lowest BCUT2D eigenvalue weighted by molar-refractivity contribution is 0.102. The number of furan rings is 1. The molecule has 0 radical (unpaired) electrons. The van der Waals surface area contributed by atoms with Crippen molar-refractivity contribution >= 4 is 44.3 Å². The maximum absolute atomic E-state index is 12.9. The van der Waals surface area contributed by atoms with Crippen LogP contribution in [0, 0.1) is 6.92 Å². The van der Waals surface area contributed by atoms with Gasteiger partial charge >= 0.3 is 0 Å². The van der Waals surface area contributed by atoms with E-state index in [1.807, 2.05) is 78.9 Å². The first-order chi connectivity index (χ1) is 13.2. The third-order valence-electron chi connectivity index (χ3n) is 5.02. The molecule has 0 bridgehead atoms. The van der Waals surface area contributed by atoms with Crippen LogP contribution >= 0.6 is 0 Å². The smallest absolute Gasteiger partial charge is 0.256 e. The molecule has 0 aliphatic carbocycles. The van der Waals surface area contributed by atoms with Crippen molar-refractivity contribution in [1.82, 2.24) is 0 Å². The van der Waals surface area contributed by atoms with Crippen LogP contribution in [-0.4, -0.2) is 5.91 Å². The first-order valence-corrected chi connectivity index (χ1v) is 8.92. The third kappa shape index (κ3) is 2.56. The minimum absolute atomic E-state index is 0.123. The molecule has 1 amide bonds. The van der Waals surface area contributed by atoms with Crippen LogP contribution in [0.4, 0.5) is 5.69 Å². The van der Waals surface area contributed by atoms with Gasteiger partial charge in [-0.2, -0.15) is 0 Å². The average Bonchev–Trinajstić information content (AvgIpc) is 3.06. The molecule has 1 heterocycles. The summed E-state index contributed by atoms with van der Waals surface area (Å²) in [6.07, 6.45) is 0. The summed E-state index contributed by atoms with van der Waals surface area (Å²) < 4.78 is 5.92. The Bertz CT molecular complexity index is 1330. The number of amides is 1. The summed E-state index contributed by atoms with van der Waals surface area (Å²) >= 11 is 0. The van der Waals surface area contributed by atoms with Gasteiger partial charge in [0.1, 0.15) is 11.2 Å². The molecular weight excluding hydrogens is 334 g/mol. The summed E-state index contributed by atoms with van der Waals surface area (Å²) in [7, 11) is 0. The fraction of sp³-hybridized carbons (Fsp3) is 0.0417. The standard InChI is InChI=1S/C24H17NO2/c1-15-10-12-21(18-7-3-2-6-17(15)18)24(26)25-16-11-13-20-19-8-4-5-9-22(19)27-23(20)14-16/h2-14H,1H3,(H,25,26). The second kappa shape index (κ2) is 5.99. The molecule has 0 aliphatic heterocycles. The van der Waals surface area contributed by atoms with Gasteiger partial charge in [0.2, 0.25) is 0 Å². The van der Waals surface area contributed by atoms with Crippen molar-refractivity contribution in [3.8, 4) is 0 Å². The van der Waals surface area contributed by atoms with Crippen molar-refractivity contribution in [3.63, 3.8) is 0 Å². The van der Waals surface area contributed by atoms with Crippen LogP contribution in [0.25, 0.3) is 32.7 Å². The van der Waals surface area contributed by atoms with E-state index in [1.165, 1.54) is 0 Å². The van der Waals surface area contributed by atoms with E-state index in [4.69, 9.17) is 4.42 Å². The Labute approximate surface area is 156 Å². The van der Waals surface area contributed by atoms with E-state index in [0.29, 0.717) is 5.56 Å². The molecular formula is C24H17NO2. The molecule has 27 heavy (non-hydrogen) atoms. The molecule has 4 aromatic carbocycles. The first-order valence-electron chi connectivity index (χ1n) is 8.92. The minimum Gasteiger partial charge on any atom is -0.456 e. The van der Waals surface area contributed by atoms with Crippen LogP contribution in [0.5, 0.6) is 0 Å². The molecule has 0 aliphatic rings. The zero-order valence-electron chi connectivity index (χ0n) is 14.8. The van der Waals surface area contributed by atoms with Crippen LogP contribution < -0.4 is 5.32 Å². The molecule has 1 aromatic heterocycles. The molecule has 0 fully saturated rings. The van der Waals surface area contributed by atoms with Gasteiger partial charge < -0.3 is 9.73 Å². The Morgan fingerprint density at radius 1 is 0.741 bits per heavy atom. The van der Waals surface area contributed by atoms with E-state index in [2.05, 4.69) is 12.2 Å². The Morgan fingerprint density at radius 3 is 2.30 bits per heavy atom. The topological polar surface area (TPSA) is 42.2 Å². The number of hydrogen-bond donors (Lipinski definition) is 1. The van der Waals surface area contributed by atoms with E-state index in [1.54, 1.807) is 0 Å². The van der Waals surface area contributed by atoms with E-state index in [0.717, 1.165) is 44.0 Å². The largest absolute Gasteiger partial charge is 0.456 e. The Kier molecular flexibility index (Phi) is 3.47. The molecule has 5 rings (SSSR count). The van der Waals surface area contributed by atoms with E-state index < -0.39 is 0 Å². The molecule has 5 aromatic rings. The van der Waals surface area contributed by atoms with Gasteiger partial charge in [-0.15, -0.1) is 0 Å². The lowest BCUT2D eigenvalue weighted by atomic mass is 10.00. The quantitative estimate of drug-likeness (QED) is 0.405. The molecule has 0 atom stereocenters. The highest BCUT2D eigenvalue weighted by Gasteiger charge is 2.13. The number of para-hydroxylation sites is 1. The average molecular weight is 351 g/mol. The van der Waals surface area contributed by atoms with Crippen molar-refractivity contribution in [2.45, 2.75) is 6.92 Å². The van der Waals surface area contributed by atoms with Crippen LogP contribution in [-0.2, 0) is 0 Å². The van der Waals surface area contributed by atoms with Gasteiger partial charge in [-0.3, -0.25) is 4.79 Å². The number of anilines is 1. The van der Waals surface area contributed by atoms with E-state index >= 15 is 0 Å². The number of nitrogens with one attached hydrogen (secondary N) is 1. The second-order valence-electron chi connectivity index (χ2n) is 6.74.